The van der Waals surface area contributed by atoms with Gasteiger partial charge in [0.1, 0.15) is 5.69 Å². The van der Waals surface area contributed by atoms with E-state index in [9.17, 15) is 4.79 Å². The van der Waals surface area contributed by atoms with Gasteiger partial charge in [0, 0.05) is 19.7 Å². The highest BCUT2D eigenvalue weighted by Crippen LogP contribution is 2.22. The maximum atomic E-state index is 12.0. The van der Waals surface area contributed by atoms with E-state index in [2.05, 4.69) is 37.9 Å². The molecule has 3 nitrogen and oxygen atoms in total. The van der Waals surface area contributed by atoms with Crippen molar-refractivity contribution < 1.29 is 4.79 Å². The second-order valence-electron chi connectivity index (χ2n) is 5.97. The third-order valence-electron chi connectivity index (χ3n) is 3.18. The fraction of sp³-hybridized carbons (Fsp3) is 0.375. The quantitative estimate of drug-likeness (QED) is 0.791. The fourth-order valence-electron chi connectivity index (χ4n) is 1.96. The lowest BCUT2D eigenvalue weighted by Crippen LogP contribution is -2.11. The van der Waals surface area contributed by atoms with Crippen LogP contribution in [-0.2, 0) is 18.9 Å². The Kier molecular flexibility index (Phi) is 3.56. The normalized spacial score (nSPS) is 11.6. The zero-order valence-corrected chi connectivity index (χ0v) is 12.0. The first kappa shape index (κ1) is 13.5. The van der Waals surface area contributed by atoms with Gasteiger partial charge in [0.25, 0.3) is 0 Å². The van der Waals surface area contributed by atoms with E-state index in [-0.39, 0.29) is 11.2 Å². The first-order valence-electron chi connectivity index (χ1n) is 6.47. The predicted molar refractivity (Wildman–Crippen MR) is 76.4 cm³/mol. The molecule has 1 heterocycles. The molecule has 0 saturated heterocycles. The molecule has 0 unspecified atom stereocenters. The summed E-state index contributed by atoms with van der Waals surface area (Å²) >= 11 is 0. The molecule has 0 aliphatic rings. The number of nitrogens with zero attached hydrogens (tertiary/aromatic N) is 2. The van der Waals surface area contributed by atoms with Crippen LogP contribution in [-0.4, -0.2) is 15.3 Å². The Morgan fingerprint density at radius 2 is 1.84 bits per heavy atom. The summed E-state index contributed by atoms with van der Waals surface area (Å²) in [6, 6.07) is 8.25. The highest BCUT2D eigenvalue weighted by molar-refractivity contribution is 5.95. The van der Waals surface area contributed by atoms with Crippen LogP contribution >= 0.6 is 0 Å². The van der Waals surface area contributed by atoms with E-state index in [4.69, 9.17) is 0 Å². The minimum absolute atomic E-state index is 0.0594. The van der Waals surface area contributed by atoms with Crippen molar-refractivity contribution in [3.05, 3.63) is 53.6 Å². The van der Waals surface area contributed by atoms with E-state index in [1.807, 2.05) is 19.2 Å². The van der Waals surface area contributed by atoms with Gasteiger partial charge in [-0.2, -0.15) is 0 Å². The number of carbonyl (C=O) groups is 1. The van der Waals surface area contributed by atoms with Crippen molar-refractivity contribution >= 4 is 5.78 Å². The molecule has 100 valence electrons. The minimum atomic E-state index is 0.0594. The maximum Gasteiger partial charge on any atom is 0.187 e. The lowest BCUT2D eigenvalue weighted by atomic mass is 9.86. The Morgan fingerprint density at radius 3 is 2.32 bits per heavy atom. The molecule has 0 N–H and O–H groups in total. The van der Waals surface area contributed by atoms with Gasteiger partial charge in [0.2, 0.25) is 0 Å². The van der Waals surface area contributed by atoms with Gasteiger partial charge in [-0.1, -0.05) is 45.0 Å². The van der Waals surface area contributed by atoms with Crippen molar-refractivity contribution in [1.29, 1.82) is 0 Å². The van der Waals surface area contributed by atoms with Crippen LogP contribution in [0.15, 0.2) is 36.8 Å². The molecule has 0 bridgehead atoms. The van der Waals surface area contributed by atoms with Crippen molar-refractivity contribution in [1.82, 2.24) is 9.55 Å². The molecule has 0 saturated carbocycles. The molecule has 2 rings (SSSR count). The molecule has 0 aliphatic carbocycles. The smallest absolute Gasteiger partial charge is 0.187 e. The maximum absolute atomic E-state index is 12.0. The lowest BCUT2D eigenvalue weighted by Gasteiger charge is -2.19. The van der Waals surface area contributed by atoms with Crippen LogP contribution in [0.3, 0.4) is 0 Å². The monoisotopic (exact) mass is 256 g/mol. The molecular formula is C16H20N2O. The number of ketones is 1. The van der Waals surface area contributed by atoms with Crippen molar-refractivity contribution in [2.24, 2.45) is 7.05 Å². The summed E-state index contributed by atoms with van der Waals surface area (Å²) in [7, 11) is 1.86. The zero-order chi connectivity index (χ0) is 14.0. The Balaban J connectivity index is 2.10. The summed E-state index contributed by atoms with van der Waals surface area (Å²) in [4.78, 5) is 16.1. The van der Waals surface area contributed by atoms with Gasteiger partial charge in [-0.25, -0.2) is 4.98 Å². The van der Waals surface area contributed by atoms with Crippen LogP contribution in [0.25, 0.3) is 0 Å². The topological polar surface area (TPSA) is 34.9 Å². The summed E-state index contributed by atoms with van der Waals surface area (Å²) in [5, 5.41) is 0. The standard InChI is InChI=1S/C16H20N2O/c1-16(2,3)13-7-5-12(6-8-13)9-15(19)14-10-18(4)11-17-14/h5-8,10-11H,9H2,1-4H3. The van der Waals surface area contributed by atoms with Gasteiger partial charge in [-0.3, -0.25) is 4.79 Å². The van der Waals surface area contributed by atoms with Gasteiger partial charge in [0.05, 0.1) is 6.33 Å². The highest BCUT2D eigenvalue weighted by atomic mass is 16.1. The molecule has 0 spiro atoms. The summed E-state index contributed by atoms with van der Waals surface area (Å²) in [6.07, 6.45) is 3.81. The number of Topliss-reactive ketones (excluding diaryl/α,β-unsaturated/α-hetero) is 1. The van der Waals surface area contributed by atoms with Gasteiger partial charge < -0.3 is 4.57 Å². The molecule has 3 heteroatoms. The molecule has 1 aromatic carbocycles. The summed E-state index contributed by atoms with van der Waals surface area (Å²) in [5.74, 6) is 0.0594. The van der Waals surface area contributed by atoms with Crippen LogP contribution in [0.1, 0.15) is 42.4 Å². The average Bonchev–Trinajstić information content (AvgIpc) is 2.75. The Labute approximate surface area is 114 Å². The number of hydrogen-bond donors (Lipinski definition) is 0. The Hall–Kier alpha value is -1.90. The third-order valence-corrected chi connectivity index (χ3v) is 3.18. The fourth-order valence-corrected chi connectivity index (χ4v) is 1.96. The molecule has 19 heavy (non-hydrogen) atoms. The number of hydrogen-bond acceptors (Lipinski definition) is 2. The van der Waals surface area contributed by atoms with Crippen molar-refractivity contribution in [3.8, 4) is 0 Å². The first-order chi connectivity index (χ1) is 8.86. The third kappa shape index (κ3) is 3.31. The molecule has 1 aromatic heterocycles. The molecular weight excluding hydrogens is 236 g/mol. The van der Waals surface area contributed by atoms with Crippen LogP contribution in [0, 0.1) is 0 Å². The van der Waals surface area contributed by atoms with Crippen molar-refractivity contribution in [3.63, 3.8) is 0 Å². The number of imidazole rings is 1. The second kappa shape index (κ2) is 5.00. The number of aromatic nitrogens is 2. The van der Waals surface area contributed by atoms with Gasteiger partial charge >= 0.3 is 0 Å². The highest BCUT2D eigenvalue weighted by Gasteiger charge is 2.14. The molecule has 0 atom stereocenters. The average molecular weight is 256 g/mol. The van der Waals surface area contributed by atoms with Gasteiger partial charge in [-0.05, 0) is 16.5 Å². The van der Waals surface area contributed by atoms with Crippen molar-refractivity contribution in [2.45, 2.75) is 32.6 Å². The molecule has 0 fully saturated rings. The van der Waals surface area contributed by atoms with E-state index in [0.29, 0.717) is 12.1 Å². The van der Waals surface area contributed by atoms with E-state index < -0.39 is 0 Å². The van der Waals surface area contributed by atoms with E-state index in [0.717, 1.165) is 5.56 Å². The van der Waals surface area contributed by atoms with E-state index >= 15 is 0 Å². The molecule has 2 aromatic rings. The second-order valence-corrected chi connectivity index (χ2v) is 5.97. The zero-order valence-electron chi connectivity index (χ0n) is 12.0. The molecule has 0 amide bonds. The van der Waals surface area contributed by atoms with Gasteiger partial charge in [-0.15, -0.1) is 0 Å². The van der Waals surface area contributed by atoms with Gasteiger partial charge in [0.15, 0.2) is 5.78 Å². The molecule has 0 aliphatic heterocycles. The van der Waals surface area contributed by atoms with Crippen LogP contribution in [0.2, 0.25) is 0 Å². The Bertz CT molecular complexity index is 574. The lowest BCUT2D eigenvalue weighted by molar-refractivity contribution is 0.0988. The van der Waals surface area contributed by atoms with E-state index in [1.165, 1.54) is 5.56 Å². The molecule has 0 radical (unpaired) electrons. The first-order valence-corrected chi connectivity index (χ1v) is 6.47. The summed E-state index contributed by atoms with van der Waals surface area (Å²) < 4.78 is 1.79. The number of aryl methyl sites for hydroxylation is 1. The number of benzene rings is 1. The number of carbonyl (C=O) groups excluding carboxylic acids is 1. The van der Waals surface area contributed by atoms with E-state index in [1.54, 1.807) is 17.1 Å². The SMILES string of the molecule is Cn1cnc(C(=O)Cc2ccc(C(C)(C)C)cc2)c1. The summed E-state index contributed by atoms with van der Waals surface area (Å²) in [5.41, 5.74) is 2.98. The van der Waals surface area contributed by atoms with Crippen LogP contribution in [0.5, 0.6) is 0 Å². The predicted octanol–water partition coefficient (Wildman–Crippen LogP) is 3.14. The number of rotatable bonds is 3. The Morgan fingerprint density at radius 1 is 1.21 bits per heavy atom. The largest absolute Gasteiger partial charge is 0.340 e. The summed E-state index contributed by atoms with van der Waals surface area (Å²) in [6.45, 7) is 6.54. The minimum Gasteiger partial charge on any atom is -0.340 e. The van der Waals surface area contributed by atoms with Crippen LogP contribution in [0.4, 0.5) is 0 Å². The van der Waals surface area contributed by atoms with Crippen LogP contribution < -0.4 is 0 Å². The van der Waals surface area contributed by atoms with Crippen molar-refractivity contribution in [2.75, 3.05) is 0 Å².